The zero-order valence-electron chi connectivity index (χ0n) is 16.3. The van der Waals surface area contributed by atoms with E-state index in [2.05, 4.69) is 39.3 Å². The van der Waals surface area contributed by atoms with Gasteiger partial charge in [-0.1, -0.05) is 30.3 Å². The predicted octanol–water partition coefficient (Wildman–Crippen LogP) is 5.40. The summed E-state index contributed by atoms with van der Waals surface area (Å²) in [5.41, 5.74) is 3.92. The van der Waals surface area contributed by atoms with Crippen LogP contribution in [-0.4, -0.2) is 21.6 Å². The highest BCUT2D eigenvalue weighted by Gasteiger charge is 2.14. The summed E-state index contributed by atoms with van der Waals surface area (Å²) in [5, 5.41) is 3.33. The van der Waals surface area contributed by atoms with E-state index in [1.165, 1.54) is 12.1 Å². The molecule has 1 atom stereocenters. The molecule has 4 rings (SSSR count). The summed E-state index contributed by atoms with van der Waals surface area (Å²) < 4.78 is 19.0. The molecule has 0 fully saturated rings. The van der Waals surface area contributed by atoms with Crippen molar-refractivity contribution < 1.29 is 9.13 Å². The number of nitrogens with one attached hydrogen (secondary N) is 1. The molecule has 0 radical (unpaired) electrons. The zero-order valence-corrected chi connectivity index (χ0v) is 16.3. The molecule has 4 aromatic rings. The van der Waals surface area contributed by atoms with Gasteiger partial charge in [0, 0.05) is 5.56 Å². The SMILES string of the molecule is CCOc1nc(NC(C)c2ccccc2)nc2ccc(-c3ccc(F)cc3)nc12. The minimum Gasteiger partial charge on any atom is -0.476 e. The second-order valence-electron chi connectivity index (χ2n) is 6.63. The van der Waals surface area contributed by atoms with Gasteiger partial charge in [-0.15, -0.1) is 0 Å². The molecule has 2 aromatic heterocycles. The summed E-state index contributed by atoms with van der Waals surface area (Å²) in [7, 11) is 0. The highest BCUT2D eigenvalue weighted by atomic mass is 19.1. The van der Waals surface area contributed by atoms with E-state index in [0.717, 1.165) is 11.1 Å². The normalized spacial score (nSPS) is 12.0. The highest BCUT2D eigenvalue weighted by molar-refractivity contribution is 5.83. The van der Waals surface area contributed by atoms with Gasteiger partial charge in [0.05, 0.1) is 23.9 Å². The molecule has 5 nitrogen and oxygen atoms in total. The molecule has 29 heavy (non-hydrogen) atoms. The number of nitrogens with zero attached hydrogens (tertiary/aromatic N) is 3. The van der Waals surface area contributed by atoms with E-state index in [1.807, 2.05) is 37.3 Å². The lowest BCUT2D eigenvalue weighted by atomic mass is 10.1. The third kappa shape index (κ3) is 4.16. The number of anilines is 1. The van der Waals surface area contributed by atoms with Gasteiger partial charge in [0.15, 0.2) is 5.52 Å². The van der Waals surface area contributed by atoms with Gasteiger partial charge in [-0.3, -0.25) is 0 Å². The highest BCUT2D eigenvalue weighted by Crippen LogP contribution is 2.27. The Kier molecular flexibility index (Phi) is 5.33. The molecule has 0 aliphatic heterocycles. The van der Waals surface area contributed by atoms with Crippen molar-refractivity contribution in [2.45, 2.75) is 19.9 Å². The van der Waals surface area contributed by atoms with Crippen LogP contribution in [0.3, 0.4) is 0 Å². The number of aromatic nitrogens is 3. The smallest absolute Gasteiger partial charge is 0.245 e. The lowest BCUT2D eigenvalue weighted by Crippen LogP contribution is -2.11. The zero-order chi connectivity index (χ0) is 20.2. The Hall–Kier alpha value is -3.54. The Labute approximate surface area is 168 Å². The van der Waals surface area contributed by atoms with Crippen molar-refractivity contribution in [2.24, 2.45) is 0 Å². The molecule has 0 saturated carbocycles. The molecule has 146 valence electrons. The van der Waals surface area contributed by atoms with Gasteiger partial charge in [-0.05, 0) is 55.8 Å². The topological polar surface area (TPSA) is 59.9 Å². The van der Waals surface area contributed by atoms with E-state index in [9.17, 15) is 4.39 Å². The summed E-state index contributed by atoms with van der Waals surface area (Å²) in [6, 6.07) is 20.1. The first-order valence-electron chi connectivity index (χ1n) is 9.53. The molecule has 0 aliphatic carbocycles. The lowest BCUT2D eigenvalue weighted by Gasteiger charge is -2.16. The molecule has 0 spiro atoms. The van der Waals surface area contributed by atoms with E-state index in [4.69, 9.17) is 4.74 Å². The molecule has 1 N–H and O–H groups in total. The van der Waals surface area contributed by atoms with Crippen molar-refractivity contribution in [3.63, 3.8) is 0 Å². The van der Waals surface area contributed by atoms with Gasteiger partial charge in [0.2, 0.25) is 11.8 Å². The summed E-state index contributed by atoms with van der Waals surface area (Å²) in [4.78, 5) is 13.8. The van der Waals surface area contributed by atoms with Crippen LogP contribution in [0, 0.1) is 5.82 Å². The van der Waals surface area contributed by atoms with Gasteiger partial charge >= 0.3 is 0 Å². The maximum Gasteiger partial charge on any atom is 0.245 e. The van der Waals surface area contributed by atoms with E-state index in [-0.39, 0.29) is 11.9 Å². The van der Waals surface area contributed by atoms with Crippen molar-refractivity contribution in [2.75, 3.05) is 11.9 Å². The standard InChI is InChI=1S/C23H21FN4O/c1-3-29-22-21-20(14-13-19(26-21)17-9-11-18(24)12-10-17)27-23(28-22)25-15(2)16-7-5-4-6-8-16/h4-15H,3H2,1-2H3,(H,25,27,28). The largest absolute Gasteiger partial charge is 0.476 e. The molecule has 2 aromatic carbocycles. The van der Waals surface area contributed by atoms with Crippen molar-refractivity contribution in [1.29, 1.82) is 0 Å². The number of pyridine rings is 1. The molecule has 0 bridgehead atoms. The Morgan fingerprint density at radius 1 is 0.931 bits per heavy atom. The number of fused-ring (bicyclic) bond motifs is 1. The molecule has 2 heterocycles. The maximum atomic E-state index is 13.2. The van der Waals surface area contributed by atoms with Crippen LogP contribution in [0.2, 0.25) is 0 Å². The van der Waals surface area contributed by atoms with Gasteiger partial charge in [-0.25, -0.2) is 14.4 Å². The molecule has 0 amide bonds. The quantitative estimate of drug-likeness (QED) is 0.479. The van der Waals surface area contributed by atoms with Crippen LogP contribution in [0.25, 0.3) is 22.3 Å². The van der Waals surface area contributed by atoms with Gasteiger partial charge in [0.25, 0.3) is 0 Å². The number of hydrogen-bond donors (Lipinski definition) is 1. The van der Waals surface area contributed by atoms with Gasteiger partial charge in [0.1, 0.15) is 5.82 Å². The molecular weight excluding hydrogens is 367 g/mol. The van der Waals surface area contributed by atoms with E-state index >= 15 is 0 Å². The Morgan fingerprint density at radius 2 is 1.69 bits per heavy atom. The third-order valence-electron chi connectivity index (χ3n) is 4.58. The minimum atomic E-state index is -0.281. The maximum absolute atomic E-state index is 13.2. The van der Waals surface area contributed by atoms with Crippen LogP contribution in [0.5, 0.6) is 5.88 Å². The van der Waals surface area contributed by atoms with E-state index in [0.29, 0.717) is 35.2 Å². The van der Waals surface area contributed by atoms with Crippen molar-refractivity contribution in [1.82, 2.24) is 15.0 Å². The lowest BCUT2D eigenvalue weighted by molar-refractivity contribution is 0.330. The Bertz CT molecular complexity index is 1120. The summed E-state index contributed by atoms with van der Waals surface area (Å²) >= 11 is 0. The average molecular weight is 388 g/mol. The summed E-state index contributed by atoms with van der Waals surface area (Å²) in [6.07, 6.45) is 0. The van der Waals surface area contributed by atoms with Crippen molar-refractivity contribution >= 4 is 17.0 Å². The summed E-state index contributed by atoms with van der Waals surface area (Å²) in [5.74, 6) is 0.619. The predicted molar refractivity (Wildman–Crippen MR) is 112 cm³/mol. The van der Waals surface area contributed by atoms with Crippen molar-refractivity contribution in [3.05, 3.63) is 78.1 Å². The first-order valence-corrected chi connectivity index (χ1v) is 9.53. The van der Waals surface area contributed by atoms with Crippen LogP contribution < -0.4 is 10.1 Å². The number of ether oxygens (including phenoxy) is 1. The molecular formula is C23H21FN4O. The van der Waals surface area contributed by atoms with Crippen LogP contribution in [0.1, 0.15) is 25.5 Å². The Balaban J connectivity index is 1.71. The second-order valence-corrected chi connectivity index (χ2v) is 6.63. The van der Waals surface area contributed by atoms with E-state index in [1.54, 1.807) is 12.1 Å². The van der Waals surface area contributed by atoms with Crippen molar-refractivity contribution in [3.8, 4) is 17.1 Å². The minimum absolute atomic E-state index is 0.0366. The van der Waals surface area contributed by atoms with Gasteiger partial charge in [-0.2, -0.15) is 4.98 Å². The third-order valence-corrected chi connectivity index (χ3v) is 4.58. The monoisotopic (exact) mass is 388 g/mol. The van der Waals surface area contributed by atoms with Crippen LogP contribution in [-0.2, 0) is 0 Å². The van der Waals surface area contributed by atoms with Gasteiger partial charge < -0.3 is 10.1 Å². The average Bonchev–Trinajstić information content (AvgIpc) is 2.75. The summed E-state index contributed by atoms with van der Waals surface area (Å²) in [6.45, 7) is 4.42. The Morgan fingerprint density at radius 3 is 2.41 bits per heavy atom. The van der Waals surface area contributed by atoms with Crippen LogP contribution >= 0.6 is 0 Å². The first kappa shape index (κ1) is 18.8. The molecule has 0 aliphatic rings. The number of halogens is 1. The molecule has 1 unspecified atom stereocenters. The van der Waals surface area contributed by atoms with Crippen LogP contribution in [0.15, 0.2) is 66.7 Å². The number of rotatable bonds is 6. The first-order chi connectivity index (χ1) is 14.1. The fraction of sp³-hybridized carbons (Fsp3) is 0.174. The molecule has 0 saturated heterocycles. The van der Waals surface area contributed by atoms with E-state index < -0.39 is 0 Å². The number of benzene rings is 2. The van der Waals surface area contributed by atoms with Crippen LogP contribution in [0.4, 0.5) is 10.3 Å². The fourth-order valence-electron chi connectivity index (χ4n) is 3.09. The fourth-order valence-corrected chi connectivity index (χ4v) is 3.09. The number of hydrogen-bond acceptors (Lipinski definition) is 5. The second kappa shape index (κ2) is 8.22. The molecule has 6 heteroatoms.